The van der Waals surface area contributed by atoms with E-state index in [-0.39, 0.29) is 16.9 Å². The molecule has 1 aromatic carbocycles. The molecule has 1 aromatic rings. The van der Waals surface area contributed by atoms with Crippen molar-refractivity contribution in [1.29, 1.82) is 0 Å². The molecule has 0 unspecified atom stereocenters. The molecule has 0 aliphatic heterocycles. The van der Waals surface area contributed by atoms with Crippen LogP contribution in [-0.4, -0.2) is 14.2 Å². The number of sulfone groups is 1. The third-order valence-electron chi connectivity index (χ3n) is 2.62. The average Bonchev–Trinajstić information content (AvgIpc) is 2.16. The molecule has 3 heteroatoms. The van der Waals surface area contributed by atoms with E-state index in [0.29, 0.717) is 0 Å². The minimum absolute atomic E-state index is 0.0615. The Morgan fingerprint density at radius 2 is 1.81 bits per heavy atom. The third-order valence-corrected chi connectivity index (χ3v) is 4.27. The predicted octanol–water partition coefficient (Wildman–Crippen LogP) is 2.92. The zero-order chi connectivity index (χ0) is 12.4. The van der Waals surface area contributed by atoms with E-state index in [4.69, 9.17) is 0 Å². The largest absolute Gasteiger partial charge is 0.229 e. The fourth-order valence-corrected chi connectivity index (χ4v) is 2.38. The minimum Gasteiger partial charge on any atom is -0.229 e. The fourth-order valence-electron chi connectivity index (χ4n) is 1.48. The Morgan fingerprint density at radius 3 is 2.31 bits per heavy atom. The van der Waals surface area contributed by atoms with Gasteiger partial charge in [0.1, 0.15) is 0 Å². The minimum atomic E-state index is -2.93. The smallest absolute Gasteiger partial charge is 0.154 e. The Bertz CT molecular complexity index is 453. The predicted molar refractivity (Wildman–Crippen MR) is 68.3 cm³/mol. The van der Waals surface area contributed by atoms with Gasteiger partial charge in [0.25, 0.3) is 0 Å². The molecule has 0 saturated carbocycles. The number of hydrogen-bond donors (Lipinski definition) is 0. The van der Waals surface area contributed by atoms with E-state index in [1.54, 1.807) is 6.92 Å². The van der Waals surface area contributed by atoms with Crippen LogP contribution in [0.2, 0.25) is 0 Å². The van der Waals surface area contributed by atoms with Crippen molar-refractivity contribution < 1.29 is 8.42 Å². The van der Waals surface area contributed by atoms with E-state index >= 15 is 0 Å². The standard InChI is InChI=1S/C13H20O2S/c1-5-16(14,15)10-11-7-6-8-12(9-11)13(2,3)4/h6-9H,5,10H2,1-4H3. The van der Waals surface area contributed by atoms with Crippen LogP contribution < -0.4 is 0 Å². The van der Waals surface area contributed by atoms with E-state index in [0.717, 1.165) is 5.56 Å². The summed E-state index contributed by atoms with van der Waals surface area (Å²) in [5.41, 5.74) is 2.12. The van der Waals surface area contributed by atoms with Crippen LogP contribution in [0.25, 0.3) is 0 Å². The fraction of sp³-hybridized carbons (Fsp3) is 0.538. The molecule has 2 nitrogen and oxygen atoms in total. The van der Waals surface area contributed by atoms with Crippen LogP contribution >= 0.6 is 0 Å². The van der Waals surface area contributed by atoms with E-state index < -0.39 is 9.84 Å². The summed E-state index contributed by atoms with van der Waals surface area (Å²) in [6.45, 7) is 8.06. The molecule has 0 atom stereocenters. The maximum Gasteiger partial charge on any atom is 0.154 e. The number of benzene rings is 1. The molecule has 0 N–H and O–H groups in total. The van der Waals surface area contributed by atoms with Crippen LogP contribution in [0.4, 0.5) is 0 Å². The van der Waals surface area contributed by atoms with Gasteiger partial charge in [0, 0.05) is 5.75 Å². The van der Waals surface area contributed by atoms with Gasteiger partial charge >= 0.3 is 0 Å². The van der Waals surface area contributed by atoms with Gasteiger partial charge in [-0.1, -0.05) is 52.0 Å². The maximum atomic E-state index is 11.5. The van der Waals surface area contributed by atoms with Crippen molar-refractivity contribution in [2.75, 3.05) is 5.75 Å². The molecule has 90 valence electrons. The van der Waals surface area contributed by atoms with Crippen LogP contribution in [0.5, 0.6) is 0 Å². The zero-order valence-electron chi connectivity index (χ0n) is 10.4. The lowest BCUT2D eigenvalue weighted by Gasteiger charge is -2.19. The van der Waals surface area contributed by atoms with E-state index in [1.807, 2.05) is 24.3 Å². The van der Waals surface area contributed by atoms with Crippen LogP contribution in [0.15, 0.2) is 24.3 Å². The van der Waals surface area contributed by atoms with Crippen LogP contribution in [0, 0.1) is 0 Å². The van der Waals surface area contributed by atoms with Crippen molar-refractivity contribution in [3.05, 3.63) is 35.4 Å². The van der Waals surface area contributed by atoms with E-state index in [1.165, 1.54) is 5.56 Å². The van der Waals surface area contributed by atoms with Gasteiger partial charge in [-0.3, -0.25) is 0 Å². The summed E-state index contributed by atoms with van der Waals surface area (Å²) in [6, 6.07) is 7.85. The summed E-state index contributed by atoms with van der Waals surface area (Å²) >= 11 is 0. The van der Waals surface area contributed by atoms with Crippen molar-refractivity contribution in [3.8, 4) is 0 Å². The first-order valence-electron chi connectivity index (χ1n) is 5.54. The molecule has 0 saturated heterocycles. The zero-order valence-corrected chi connectivity index (χ0v) is 11.3. The second-order valence-electron chi connectivity index (χ2n) is 5.13. The summed E-state index contributed by atoms with van der Waals surface area (Å²) in [5, 5.41) is 0. The lowest BCUT2D eigenvalue weighted by Crippen LogP contribution is -2.12. The Morgan fingerprint density at radius 1 is 1.19 bits per heavy atom. The van der Waals surface area contributed by atoms with Gasteiger partial charge in [-0.25, -0.2) is 8.42 Å². The summed E-state index contributed by atoms with van der Waals surface area (Å²) in [7, 11) is -2.93. The van der Waals surface area contributed by atoms with Crippen molar-refractivity contribution >= 4 is 9.84 Å². The average molecular weight is 240 g/mol. The Hall–Kier alpha value is -0.830. The first-order valence-corrected chi connectivity index (χ1v) is 7.36. The third kappa shape index (κ3) is 3.63. The van der Waals surface area contributed by atoms with Gasteiger partial charge in [0.15, 0.2) is 9.84 Å². The summed E-state index contributed by atoms with van der Waals surface area (Å²) < 4.78 is 23.1. The molecule has 0 bridgehead atoms. The molecule has 0 heterocycles. The van der Waals surface area contributed by atoms with Crippen molar-refractivity contribution in [2.24, 2.45) is 0 Å². The summed E-state index contributed by atoms with van der Waals surface area (Å²) in [5.74, 6) is 0.347. The molecular formula is C13H20O2S. The molecule has 1 rings (SSSR count). The molecule has 0 aliphatic rings. The topological polar surface area (TPSA) is 34.1 Å². The van der Waals surface area contributed by atoms with Crippen molar-refractivity contribution in [2.45, 2.75) is 38.9 Å². The monoisotopic (exact) mass is 240 g/mol. The molecule has 0 amide bonds. The van der Waals surface area contributed by atoms with Crippen molar-refractivity contribution in [3.63, 3.8) is 0 Å². The molecule has 0 aromatic heterocycles. The van der Waals surface area contributed by atoms with E-state index in [2.05, 4.69) is 20.8 Å². The van der Waals surface area contributed by atoms with Crippen LogP contribution in [-0.2, 0) is 21.0 Å². The second kappa shape index (κ2) is 4.58. The number of hydrogen-bond acceptors (Lipinski definition) is 2. The normalized spacial score (nSPS) is 12.8. The number of rotatable bonds is 3. The van der Waals surface area contributed by atoms with Crippen LogP contribution in [0.1, 0.15) is 38.8 Å². The van der Waals surface area contributed by atoms with Gasteiger partial charge in [0.05, 0.1) is 5.75 Å². The SMILES string of the molecule is CCS(=O)(=O)Cc1cccc(C(C)(C)C)c1. The Labute approximate surface area is 98.6 Å². The Kier molecular flexibility index (Phi) is 3.79. The van der Waals surface area contributed by atoms with Gasteiger partial charge in [-0.2, -0.15) is 0 Å². The summed E-state index contributed by atoms with van der Waals surface area (Å²) in [4.78, 5) is 0. The van der Waals surface area contributed by atoms with Crippen molar-refractivity contribution in [1.82, 2.24) is 0 Å². The molecular weight excluding hydrogens is 220 g/mol. The second-order valence-corrected chi connectivity index (χ2v) is 7.48. The highest BCUT2D eigenvalue weighted by Gasteiger charge is 2.15. The highest BCUT2D eigenvalue weighted by atomic mass is 32.2. The first kappa shape index (κ1) is 13.2. The highest BCUT2D eigenvalue weighted by Crippen LogP contribution is 2.23. The van der Waals surface area contributed by atoms with E-state index in [9.17, 15) is 8.42 Å². The first-order chi connectivity index (χ1) is 7.24. The Balaban J connectivity index is 3.01. The van der Waals surface area contributed by atoms with Gasteiger partial charge < -0.3 is 0 Å². The molecule has 0 spiro atoms. The maximum absolute atomic E-state index is 11.5. The highest BCUT2D eigenvalue weighted by molar-refractivity contribution is 7.90. The molecule has 0 radical (unpaired) electrons. The molecule has 16 heavy (non-hydrogen) atoms. The molecule has 0 fully saturated rings. The van der Waals surface area contributed by atoms with Gasteiger partial charge in [-0.15, -0.1) is 0 Å². The van der Waals surface area contributed by atoms with Crippen LogP contribution in [0.3, 0.4) is 0 Å². The lowest BCUT2D eigenvalue weighted by molar-refractivity contribution is 0.587. The lowest BCUT2D eigenvalue weighted by atomic mass is 9.86. The molecule has 0 aliphatic carbocycles. The summed E-state index contributed by atoms with van der Waals surface area (Å²) in [6.07, 6.45) is 0. The quantitative estimate of drug-likeness (QED) is 0.814. The van der Waals surface area contributed by atoms with Gasteiger partial charge in [-0.05, 0) is 16.5 Å². The van der Waals surface area contributed by atoms with Gasteiger partial charge in [0.2, 0.25) is 0 Å².